The SMILES string of the molecule is [CH2]COC=CC(Cl)Cl. The molecule has 0 unspecified atom stereocenters. The number of hydrogen-bond acceptors (Lipinski definition) is 1. The summed E-state index contributed by atoms with van der Waals surface area (Å²) in [6.07, 6.45) is 2.95. The summed E-state index contributed by atoms with van der Waals surface area (Å²) >= 11 is 10.6. The quantitative estimate of drug-likeness (QED) is 0.447. The molecule has 0 fully saturated rings. The van der Waals surface area contributed by atoms with Gasteiger partial charge in [-0.3, -0.25) is 0 Å². The van der Waals surface area contributed by atoms with Crippen LogP contribution in [0.4, 0.5) is 0 Å². The molecule has 0 aliphatic heterocycles. The predicted molar refractivity (Wildman–Crippen MR) is 35.9 cm³/mol. The zero-order valence-corrected chi connectivity index (χ0v) is 5.82. The van der Waals surface area contributed by atoms with Gasteiger partial charge >= 0.3 is 0 Å². The average molecular weight is 154 g/mol. The second-order valence-corrected chi connectivity index (χ2v) is 2.20. The fraction of sp³-hybridized carbons (Fsp3) is 0.400. The summed E-state index contributed by atoms with van der Waals surface area (Å²) in [4.78, 5) is -0.485. The Balaban J connectivity index is 3.07. The molecule has 0 aromatic carbocycles. The minimum Gasteiger partial charge on any atom is -0.501 e. The Labute approximate surface area is 59.2 Å². The van der Waals surface area contributed by atoms with Crippen molar-refractivity contribution in [1.29, 1.82) is 0 Å². The Kier molecular flexibility index (Phi) is 5.34. The lowest BCUT2D eigenvalue weighted by Crippen LogP contribution is -1.80. The summed E-state index contributed by atoms with van der Waals surface area (Å²) in [5, 5.41) is 0. The van der Waals surface area contributed by atoms with Gasteiger partial charge in [-0.25, -0.2) is 0 Å². The third-order valence-corrected chi connectivity index (χ3v) is 0.729. The van der Waals surface area contributed by atoms with Gasteiger partial charge in [0.15, 0.2) is 0 Å². The molecule has 0 saturated carbocycles. The van der Waals surface area contributed by atoms with Crippen molar-refractivity contribution in [1.82, 2.24) is 0 Å². The van der Waals surface area contributed by atoms with Crippen molar-refractivity contribution in [3.05, 3.63) is 19.3 Å². The van der Waals surface area contributed by atoms with E-state index in [1.807, 2.05) is 0 Å². The number of alkyl halides is 2. The number of halogens is 2. The molecule has 0 aliphatic rings. The highest BCUT2D eigenvalue weighted by Crippen LogP contribution is 2.01. The molecule has 0 atom stereocenters. The fourth-order valence-corrected chi connectivity index (χ4v) is 0.302. The summed E-state index contributed by atoms with van der Waals surface area (Å²) in [6.45, 7) is 3.82. The van der Waals surface area contributed by atoms with Gasteiger partial charge in [-0.05, 0) is 13.0 Å². The van der Waals surface area contributed by atoms with Gasteiger partial charge in [-0.15, -0.1) is 23.2 Å². The molecule has 0 aliphatic carbocycles. The first-order chi connectivity index (χ1) is 3.77. The van der Waals surface area contributed by atoms with E-state index in [9.17, 15) is 0 Å². The largest absolute Gasteiger partial charge is 0.501 e. The van der Waals surface area contributed by atoms with E-state index in [-0.39, 0.29) is 0 Å². The van der Waals surface area contributed by atoms with Gasteiger partial charge in [0.1, 0.15) is 4.84 Å². The smallest absolute Gasteiger partial charge is 0.129 e. The first-order valence-corrected chi connectivity index (χ1v) is 3.00. The topological polar surface area (TPSA) is 9.23 Å². The Hall–Kier alpha value is 0.120. The van der Waals surface area contributed by atoms with Crippen LogP contribution in [0.2, 0.25) is 0 Å². The highest BCUT2D eigenvalue weighted by atomic mass is 35.5. The lowest BCUT2D eigenvalue weighted by molar-refractivity contribution is 0.287. The Morgan fingerprint density at radius 1 is 1.62 bits per heavy atom. The maximum absolute atomic E-state index is 5.29. The van der Waals surface area contributed by atoms with Gasteiger partial charge in [0.25, 0.3) is 0 Å². The van der Waals surface area contributed by atoms with E-state index in [1.165, 1.54) is 12.3 Å². The average Bonchev–Trinajstić information content (AvgIpc) is 1.66. The van der Waals surface area contributed by atoms with Crippen LogP contribution >= 0.6 is 23.2 Å². The molecule has 8 heavy (non-hydrogen) atoms. The zero-order chi connectivity index (χ0) is 6.41. The van der Waals surface area contributed by atoms with Crippen molar-refractivity contribution in [3.63, 3.8) is 0 Å². The van der Waals surface area contributed by atoms with E-state index in [0.29, 0.717) is 6.61 Å². The first kappa shape index (κ1) is 8.12. The summed E-state index contributed by atoms with van der Waals surface area (Å²) in [6, 6.07) is 0. The van der Waals surface area contributed by atoms with Crippen LogP contribution in [0.25, 0.3) is 0 Å². The van der Waals surface area contributed by atoms with E-state index in [1.54, 1.807) is 0 Å². The molecule has 0 aromatic rings. The molecule has 0 N–H and O–H groups in total. The molecule has 0 heterocycles. The second kappa shape index (κ2) is 5.26. The summed E-state index contributed by atoms with van der Waals surface area (Å²) in [7, 11) is 0. The zero-order valence-electron chi connectivity index (χ0n) is 4.31. The molecule has 1 radical (unpaired) electrons. The Morgan fingerprint density at radius 2 is 2.25 bits per heavy atom. The van der Waals surface area contributed by atoms with Crippen molar-refractivity contribution < 1.29 is 4.74 Å². The van der Waals surface area contributed by atoms with Crippen LogP contribution in [0, 0.1) is 6.92 Å². The minimum atomic E-state index is -0.485. The molecule has 1 nitrogen and oxygen atoms in total. The van der Waals surface area contributed by atoms with Crippen LogP contribution in [0.1, 0.15) is 0 Å². The van der Waals surface area contributed by atoms with E-state index in [2.05, 4.69) is 11.7 Å². The van der Waals surface area contributed by atoms with E-state index in [4.69, 9.17) is 23.2 Å². The van der Waals surface area contributed by atoms with E-state index in [0.717, 1.165) is 0 Å². The van der Waals surface area contributed by atoms with Gasteiger partial charge < -0.3 is 4.74 Å². The van der Waals surface area contributed by atoms with Crippen LogP contribution in [0.5, 0.6) is 0 Å². The van der Waals surface area contributed by atoms with Crippen LogP contribution in [0.3, 0.4) is 0 Å². The Bertz CT molecular complexity index is 70.8. The molecule has 0 spiro atoms. The van der Waals surface area contributed by atoms with Gasteiger partial charge in [0.05, 0.1) is 12.9 Å². The summed E-state index contributed by atoms with van der Waals surface area (Å²) in [5.41, 5.74) is 0. The first-order valence-electron chi connectivity index (χ1n) is 2.13. The van der Waals surface area contributed by atoms with E-state index >= 15 is 0 Å². The van der Waals surface area contributed by atoms with Crippen molar-refractivity contribution in [2.45, 2.75) is 4.84 Å². The molecular weight excluding hydrogens is 147 g/mol. The molecule has 0 aromatic heterocycles. The standard InChI is InChI=1S/C5H7Cl2O/c1-2-8-4-3-5(6)7/h3-5H,1-2H2. The van der Waals surface area contributed by atoms with Gasteiger partial charge in [-0.1, -0.05) is 0 Å². The molecule has 0 saturated heterocycles. The molecule has 0 bridgehead atoms. The van der Waals surface area contributed by atoms with Crippen LogP contribution in [-0.4, -0.2) is 11.4 Å². The molecule has 3 heteroatoms. The maximum Gasteiger partial charge on any atom is 0.129 e. The number of ether oxygens (including phenoxy) is 1. The van der Waals surface area contributed by atoms with Crippen LogP contribution < -0.4 is 0 Å². The third-order valence-electron chi connectivity index (χ3n) is 0.438. The number of rotatable bonds is 3. The molecule has 47 valence electrons. The summed E-state index contributed by atoms with van der Waals surface area (Å²) in [5.74, 6) is 0. The van der Waals surface area contributed by atoms with Gasteiger partial charge in [0, 0.05) is 0 Å². The number of hydrogen-bond donors (Lipinski definition) is 0. The fourth-order valence-electron chi connectivity index (χ4n) is 0.183. The monoisotopic (exact) mass is 153 g/mol. The van der Waals surface area contributed by atoms with Crippen molar-refractivity contribution in [2.75, 3.05) is 6.61 Å². The van der Waals surface area contributed by atoms with Crippen molar-refractivity contribution >= 4 is 23.2 Å². The lowest BCUT2D eigenvalue weighted by Gasteiger charge is -1.91. The maximum atomic E-state index is 5.29. The highest BCUT2D eigenvalue weighted by molar-refractivity contribution is 6.45. The van der Waals surface area contributed by atoms with Crippen LogP contribution in [-0.2, 0) is 4.74 Å². The number of allylic oxidation sites excluding steroid dienone is 1. The molecule has 0 rings (SSSR count). The normalized spacial score (nSPS) is 11.0. The van der Waals surface area contributed by atoms with E-state index < -0.39 is 4.84 Å². The molecule has 0 amide bonds. The predicted octanol–water partition coefficient (Wildman–Crippen LogP) is 2.15. The van der Waals surface area contributed by atoms with Crippen LogP contribution in [0.15, 0.2) is 12.3 Å². The second-order valence-electron chi connectivity index (χ2n) is 1.03. The molecular formula is C5H7Cl2O. The van der Waals surface area contributed by atoms with Gasteiger partial charge in [0.2, 0.25) is 0 Å². The van der Waals surface area contributed by atoms with Crippen molar-refractivity contribution in [3.8, 4) is 0 Å². The summed E-state index contributed by atoms with van der Waals surface area (Å²) < 4.78 is 4.68. The highest BCUT2D eigenvalue weighted by Gasteiger charge is 1.86. The van der Waals surface area contributed by atoms with Crippen molar-refractivity contribution in [2.24, 2.45) is 0 Å². The third kappa shape index (κ3) is 6.12. The van der Waals surface area contributed by atoms with Gasteiger partial charge in [-0.2, -0.15) is 0 Å². The minimum absolute atomic E-state index is 0.400. The lowest BCUT2D eigenvalue weighted by atomic mass is 10.7. The Morgan fingerprint density at radius 3 is 2.62 bits per heavy atom.